The van der Waals surface area contributed by atoms with Crippen LogP contribution in [0, 0.1) is 11.8 Å². The van der Waals surface area contributed by atoms with Crippen LogP contribution >= 0.6 is 0 Å². The number of hydrogen-bond donors (Lipinski definition) is 2. The van der Waals surface area contributed by atoms with E-state index in [0.29, 0.717) is 6.04 Å². The molecule has 1 saturated carbocycles. The van der Waals surface area contributed by atoms with Gasteiger partial charge >= 0.3 is 0 Å². The summed E-state index contributed by atoms with van der Waals surface area (Å²) < 4.78 is 10.8. The Hall–Kier alpha value is -1.52. The molecule has 2 aliphatic rings. The second-order valence-corrected chi connectivity index (χ2v) is 7.12. The number of hydrogen-bond acceptors (Lipinski definition) is 2. The predicted octanol–water partition coefficient (Wildman–Crippen LogP) is 0.417. The number of nitrogens with two attached hydrogens (primary N) is 1. The van der Waals surface area contributed by atoms with E-state index in [1.807, 2.05) is 6.07 Å². The lowest BCUT2D eigenvalue weighted by Crippen LogP contribution is -3.10. The van der Waals surface area contributed by atoms with Gasteiger partial charge in [0.2, 0.25) is 0 Å². The van der Waals surface area contributed by atoms with Crippen molar-refractivity contribution in [3.8, 4) is 11.5 Å². The van der Waals surface area contributed by atoms with Crippen LogP contribution in [0.5, 0.6) is 11.5 Å². The lowest BCUT2D eigenvalue weighted by molar-refractivity contribution is -0.912. The second-order valence-electron chi connectivity index (χ2n) is 7.12. The van der Waals surface area contributed by atoms with Gasteiger partial charge in [0.25, 0.3) is 0 Å². The largest absolute Gasteiger partial charge is 0.493 e. The summed E-state index contributed by atoms with van der Waals surface area (Å²) in [5.74, 6) is 3.37. The number of rotatable bonds is 7. The van der Waals surface area contributed by atoms with Crippen molar-refractivity contribution in [2.24, 2.45) is 11.8 Å². The first-order valence-corrected chi connectivity index (χ1v) is 8.66. The highest BCUT2D eigenvalue weighted by Crippen LogP contribution is 2.40. The van der Waals surface area contributed by atoms with E-state index in [4.69, 9.17) is 9.47 Å². The molecular formula is C19H30N2O2+2. The molecule has 0 saturated heterocycles. The maximum atomic E-state index is 5.47. The van der Waals surface area contributed by atoms with Gasteiger partial charge in [0.15, 0.2) is 17.5 Å². The Bertz CT molecular complexity index is 570. The summed E-state index contributed by atoms with van der Waals surface area (Å²) in [6, 6.07) is 7.55. The first kappa shape index (κ1) is 16.3. The van der Waals surface area contributed by atoms with Gasteiger partial charge in [-0.05, 0) is 30.5 Å². The molecule has 126 valence electrons. The quantitative estimate of drug-likeness (QED) is 0.715. The fourth-order valence-corrected chi connectivity index (χ4v) is 4.12. The van der Waals surface area contributed by atoms with Crippen molar-refractivity contribution in [2.45, 2.75) is 24.9 Å². The average Bonchev–Trinajstić information content (AvgIpc) is 2.91. The van der Waals surface area contributed by atoms with Crippen molar-refractivity contribution < 1.29 is 19.7 Å². The zero-order chi connectivity index (χ0) is 16.4. The highest BCUT2D eigenvalue weighted by Gasteiger charge is 2.44. The van der Waals surface area contributed by atoms with E-state index in [0.717, 1.165) is 35.9 Å². The van der Waals surface area contributed by atoms with Crippen LogP contribution in [0.1, 0.15) is 24.4 Å². The number of benzene rings is 1. The first-order valence-electron chi connectivity index (χ1n) is 8.66. The molecule has 0 radical (unpaired) electrons. The van der Waals surface area contributed by atoms with Gasteiger partial charge in [0.05, 0.1) is 34.4 Å². The van der Waals surface area contributed by atoms with Crippen LogP contribution in [-0.4, -0.2) is 40.9 Å². The van der Waals surface area contributed by atoms with Crippen molar-refractivity contribution in [3.63, 3.8) is 0 Å². The van der Waals surface area contributed by atoms with Crippen LogP contribution in [0.2, 0.25) is 0 Å². The van der Waals surface area contributed by atoms with Crippen molar-refractivity contribution in [2.75, 3.05) is 34.9 Å². The molecule has 4 atom stereocenters. The van der Waals surface area contributed by atoms with E-state index in [9.17, 15) is 0 Å². The number of methoxy groups -OCH3 is 2. The number of allylic oxidation sites excluding steroid dienone is 1. The maximum absolute atomic E-state index is 5.47. The minimum atomic E-state index is 0.458. The van der Waals surface area contributed by atoms with E-state index in [-0.39, 0.29) is 0 Å². The van der Waals surface area contributed by atoms with Crippen LogP contribution in [0.3, 0.4) is 0 Å². The standard InChI is InChI=1S/C19H28N2O2/c1-21(2)17(12-20-16-10-13-6-5-7-15(13)16)14-8-9-18(22-3)19(11-14)23-4/h5,7-9,11,13,15-17,20H,6,10,12H2,1-4H3/p+2/t13-,15+,16+,17+/m1/s1. The molecule has 3 rings (SSSR count). The summed E-state index contributed by atoms with van der Waals surface area (Å²) in [6.07, 6.45) is 7.47. The van der Waals surface area contributed by atoms with E-state index < -0.39 is 0 Å². The summed E-state index contributed by atoms with van der Waals surface area (Å²) in [4.78, 5) is 1.45. The number of quaternary nitrogens is 2. The van der Waals surface area contributed by atoms with E-state index >= 15 is 0 Å². The summed E-state index contributed by atoms with van der Waals surface area (Å²) in [5.41, 5.74) is 1.32. The molecule has 1 fully saturated rings. The van der Waals surface area contributed by atoms with Gasteiger partial charge in [-0.1, -0.05) is 12.2 Å². The molecule has 0 amide bonds. The first-order chi connectivity index (χ1) is 11.1. The molecule has 2 aliphatic carbocycles. The molecule has 1 aromatic rings. The Labute approximate surface area is 139 Å². The number of nitrogens with one attached hydrogen (secondary N) is 1. The predicted molar refractivity (Wildman–Crippen MR) is 91.0 cm³/mol. The van der Waals surface area contributed by atoms with Crippen LogP contribution in [0.15, 0.2) is 30.4 Å². The van der Waals surface area contributed by atoms with Crippen molar-refractivity contribution >= 4 is 0 Å². The third kappa shape index (κ3) is 3.24. The fourth-order valence-electron chi connectivity index (χ4n) is 4.12. The molecule has 1 aromatic carbocycles. The highest BCUT2D eigenvalue weighted by atomic mass is 16.5. The van der Waals surface area contributed by atoms with Crippen molar-refractivity contribution in [3.05, 3.63) is 35.9 Å². The molecule has 4 heteroatoms. The van der Waals surface area contributed by atoms with Crippen molar-refractivity contribution in [1.29, 1.82) is 0 Å². The number of fused-ring (bicyclic) bond motifs is 1. The fraction of sp³-hybridized carbons (Fsp3) is 0.579. The Kier molecular flexibility index (Phi) is 4.93. The normalized spacial score (nSPS) is 26.7. The monoisotopic (exact) mass is 318 g/mol. The molecule has 0 heterocycles. The Morgan fingerprint density at radius 3 is 2.65 bits per heavy atom. The van der Waals surface area contributed by atoms with E-state index in [1.54, 1.807) is 14.2 Å². The van der Waals surface area contributed by atoms with Gasteiger partial charge in [-0.2, -0.15) is 0 Å². The highest BCUT2D eigenvalue weighted by molar-refractivity contribution is 5.43. The lowest BCUT2D eigenvalue weighted by Gasteiger charge is -2.38. The molecule has 0 aromatic heterocycles. The molecule has 0 bridgehead atoms. The number of ether oxygens (including phenoxy) is 2. The molecule has 23 heavy (non-hydrogen) atoms. The molecule has 3 N–H and O–H groups in total. The molecule has 0 spiro atoms. The van der Waals surface area contributed by atoms with Gasteiger partial charge in [0.1, 0.15) is 6.54 Å². The van der Waals surface area contributed by atoms with Crippen LogP contribution < -0.4 is 19.7 Å². The van der Waals surface area contributed by atoms with Gasteiger partial charge in [-0.3, -0.25) is 0 Å². The Balaban J connectivity index is 1.67. The minimum absolute atomic E-state index is 0.458. The molecule has 0 aliphatic heterocycles. The second kappa shape index (κ2) is 6.93. The van der Waals surface area contributed by atoms with E-state index in [1.165, 1.54) is 23.3 Å². The molecule has 0 unspecified atom stereocenters. The topological polar surface area (TPSA) is 39.5 Å². The van der Waals surface area contributed by atoms with Crippen LogP contribution in [-0.2, 0) is 0 Å². The van der Waals surface area contributed by atoms with E-state index in [2.05, 4.69) is 43.7 Å². The summed E-state index contributed by atoms with van der Waals surface area (Å²) in [6.45, 7) is 1.11. The molecular weight excluding hydrogens is 288 g/mol. The number of likely N-dealkylation sites (N-methyl/N-ethyl adjacent to an activating group) is 1. The Morgan fingerprint density at radius 2 is 2.00 bits per heavy atom. The van der Waals surface area contributed by atoms with Gasteiger partial charge in [-0.15, -0.1) is 0 Å². The van der Waals surface area contributed by atoms with Crippen molar-refractivity contribution in [1.82, 2.24) is 0 Å². The summed E-state index contributed by atoms with van der Waals surface area (Å²) >= 11 is 0. The average molecular weight is 318 g/mol. The minimum Gasteiger partial charge on any atom is -0.493 e. The van der Waals surface area contributed by atoms with Gasteiger partial charge in [-0.25, -0.2) is 0 Å². The van der Waals surface area contributed by atoms with Crippen LogP contribution in [0.4, 0.5) is 0 Å². The third-order valence-corrected chi connectivity index (χ3v) is 5.59. The third-order valence-electron chi connectivity index (χ3n) is 5.59. The summed E-state index contributed by atoms with van der Waals surface area (Å²) in [7, 11) is 7.84. The maximum Gasteiger partial charge on any atom is 0.162 e. The van der Waals surface area contributed by atoms with Crippen LogP contribution in [0.25, 0.3) is 0 Å². The zero-order valence-corrected chi connectivity index (χ0v) is 14.7. The van der Waals surface area contributed by atoms with Gasteiger partial charge in [0, 0.05) is 17.9 Å². The Morgan fingerprint density at radius 1 is 1.22 bits per heavy atom. The zero-order valence-electron chi connectivity index (χ0n) is 14.7. The SMILES string of the molecule is COc1ccc([C@H](C[NH2+][C@H]2C[C@H]3CC=C[C@@H]32)[NH+](C)C)cc1OC. The lowest BCUT2D eigenvalue weighted by atomic mass is 9.71. The molecule has 4 nitrogen and oxygen atoms in total. The smallest absolute Gasteiger partial charge is 0.162 e. The van der Waals surface area contributed by atoms with Gasteiger partial charge < -0.3 is 19.7 Å². The summed E-state index contributed by atoms with van der Waals surface area (Å²) in [5, 5.41) is 2.56.